The lowest BCUT2D eigenvalue weighted by Gasteiger charge is -2.11. The monoisotopic (exact) mass is 336 g/mol. The molecule has 0 saturated carbocycles. The normalized spacial score (nSPS) is 10.9. The molecule has 0 amide bonds. The molecule has 0 fully saturated rings. The van der Waals surface area contributed by atoms with Gasteiger partial charge in [-0.05, 0) is 53.6 Å². The summed E-state index contributed by atoms with van der Waals surface area (Å²) in [4.78, 5) is 0. The summed E-state index contributed by atoms with van der Waals surface area (Å²) in [6.07, 6.45) is 2.21. The molecule has 0 saturated heterocycles. The quantitative estimate of drug-likeness (QED) is 0.488. The van der Waals surface area contributed by atoms with Crippen LogP contribution in [0.3, 0.4) is 0 Å². The van der Waals surface area contributed by atoms with E-state index in [0.717, 1.165) is 29.5 Å². The van der Waals surface area contributed by atoms with Gasteiger partial charge in [-0.1, -0.05) is 67.9 Å². The number of rotatable bonds is 4. The predicted molar refractivity (Wildman–Crippen MR) is 101 cm³/mol. The molecule has 0 nitrogen and oxygen atoms in total. The Morgan fingerprint density at radius 1 is 0.680 bits per heavy atom. The molecule has 2 heteroatoms. The van der Waals surface area contributed by atoms with Gasteiger partial charge < -0.3 is 0 Å². The van der Waals surface area contributed by atoms with Gasteiger partial charge in [-0.15, -0.1) is 0 Å². The number of halogens is 2. The molecule has 3 aromatic rings. The van der Waals surface area contributed by atoms with Gasteiger partial charge in [0.25, 0.3) is 0 Å². The van der Waals surface area contributed by atoms with Gasteiger partial charge in [-0.2, -0.15) is 0 Å². The predicted octanol–water partition coefficient (Wildman–Crippen LogP) is 6.87. The number of hydrogen-bond donors (Lipinski definition) is 0. The van der Waals surface area contributed by atoms with Crippen LogP contribution in [-0.4, -0.2) is 0 Å². The third kappa shape index (κ3) is 3.48. The summed E-state index contributed by atoms with van der Waals surface area (Å²) in [5.74, 6) is -1.55. The lowest BCUT2D eigenvalue weighted by Crippen LogP contribution is -1.94. The largest absolute Gasteiger partial charge is 0.203 e. The second-order valence-electron chi connectivity index (χ2n) is 6.53. The van der Waals surface area contributed by atoms with E-state index >= 15 is 0 Å². The minimum atomic E-state index is -0.781. The zero-order valence-electron chi connectivity index (χ0n) is 14.9. The summed E-state index contributed by atoms with van der Waals surface area (Å²) in [6, 6.07) is 17.6. The van der Waals surface area contributed by atoms with Crippen molar-refractivity contribution in [1.29, 1.82) is 0 Å². The minimum Gasteiger partial charge on any atom is -0.203 e. The maximum absolute atomic E-state index is 14.2. The van der Waals surface area contributed by atoms with Crippen molar-refractivity contribution in [1.82, 2.24) is 0 Å². The van der Waals surface area contributed by atoms with E-state index in [9.17, 15) is 8.78 Å². The molecule has 0 unspecified atom stereocenters. The lowest BCUT2D eigenvalue weighted by molar-refractivity contribution is 0.505. The second-order valence-corrected chi connectivity index (χ2v) is 6.53. The third-order valence-electron chi connectivity index (χ3n) is 4.62. The summed E-state index contributed by atoms with van der Waals surface area (Å²) in [7, 11) is 0. The highest BCUT2D eigenvalue weighted by atomic mass is 19.2. The van der Waals surface area contributed by atoms with Crippen molar-refractivity contribution in [2.75, 3.05) is 0 Å². The van der Waals surface area contributed by atoms with Gasteiger partial charge >= 0.3 is 0 Å². The van der Waals surface area contributed by atoms with Crippen molar-refractivity contribution < 1.29 is 8.78 Å². The van der Waals surface area contributed by atoms with Crippen molar-refractivity contribution in [2.24, 2.45) is 0 Å². The Hall–Kier alpha value is -2.48. The van der Waals surface area contributed by atoms with Crippen LogP contribution in [0.15, 0.2) is 54.6 Å². The van der Waals surface area contributed by atoms with E-state index in [-0.39, 0.29) is 0 Å². The molecule has 0 aliphatic rings. The Morgan fingerprint density at radius 2 is 1.32 bits per heavy atom. The maximum Gasteiger partial charge on any atom is 0.166 e. The molecule has 25 heavy (non-hydrogen) atoms. The van der Waals surface area contributed by atoms with Crippen molar-refractivity contribution in [3.8, 4) is 22.3 Å². The Morgan fingerprint density at radius 3 is 1.96 bits per heavy atom. The first-order chi connectivity index (χ1) is 12.0. The van der Waals surface area contributed by atoms with E-state index in [0.29, 0.717) is 16.7 Å². The first-order valence-corrected chi connectivity index (χ1v) is 8.66. The Balaban J connectivity index is 1.97. The second kappa shape index (κ2) is 7.18. The average Bonchev–Trinajstić information content (AvgIpc) is 2.61. The van der Waals surface area contributed by atoms with Gasteiger partial charge in [0.1, 0.15) is 0 Å². The van der Waals surface area contributed by atoms with Crippen LogP contribution in [0.1, 0.15) is 30.0 Å². The molecular weight excluding hydrogens is 314 g/mol. The van der Waals surface area contributed by atoms with Crippen LogP contribution in [-0.2, 0) is 6.42 Å². The van der Waals surface area contributed by atoms with E-state index in [4.69, 9.17) is 0 Å². The van der Waals surface area contributed by atoms with Crippen molar-refractivity contribution in [3.05, 3.63) is 82.9 Å². The molecule has 0 aliphatic heterocycles. The fraction of sp³-hybridized carbons (Fsp3) is 0.217. The standard InChI is InChI=1S/C23H22F2/c1-4-5-17-7-9-18(10-8-17)20-13-11-19(14-16(20)3)21-12-6-15(2)22(24)23(21)25/h6-14H,4-5H2,1-3H3. The van der Waals surface area contributed by atoms with E-state index in [1.807, 2.05) is 25.1 Å². The van der Waals surface area contributed by atoms with Gasteiger partial charge in [0.2, 0.25) is 0 Å². The summed E-state index contributed by atoms with van der Waals surface area (Å²) in [5, 5.41) is 0. The van der Waals surface area contributed by atoms with Gasteiger partial charge in [0, 0.05) is 5.56 Å². The van der Waals surface area contributed by atoms with Crippen LogP contribution in [0, 0.1) is 25.5 Å². The molecule has 3 aromatic carbocycles. The molecule has 0 bridgehead atoms. The molecule has 0 radical (unpaired) electrons. The molecular formula is C23H22F2. The zero-order valence-corrected chi connectivity index (χ0v) is 14.9. The van der Waals surface area contributed by atoms with Crippen molar-refractivity contribution >= 4 is 0 Å². The molecule has 0 heterocycles. The highest BCUT2D eigenvalue weighted by molar-refractivity contribution is 5.74. The highest BCUT2D eigenvalue weighted by Gasteiger charge is 2.13. The number of aryl methyl sites for hydroxylation is 3. The van der Waals surface area contributed by atoms with E-state index in [1.54, 1.807) is 19.1 Å². The molecule has 128 valence electrons. The molecule has 0 N–H and O–H groups in total. The van der Waals surface area contributed by atoms with Crippen LogP contribution < -0.4 is 0 Å². The fourth-order valence-electron chi connectivity index (χ4n) is 3.16. The Bertz CT molecular complexity index is 893. The van der Waals surface area contributed by atoms with Crippen LogP contribution in [0.4, 0.5) is 8.78 Å². The van der Waals surface area contributed by atoms with Crippen LogP contribution >= 0.6 is 0 Å². The van der Waals surface area contributed by atoms with Gasteiger partial charge in [-0.3, -0.25) is 0 Å². The minimum absolute atomic E-state index is 0.302. The topological polar surface area (TPSA) is 0 Å². The molecule has 0 spiro atoms. The molecule has 0 aliphatic carbocycles. The first kappa shape index (κ1) is 17.3. The number of benzene rings is 3. The third-order valence-corrected chi connectivity index (χ3v) is 4.62. The van der Waals surface area contributed by atoms with E-state index in [2.05, 4.69) is 31.2 Å². The smallest absolute Gasteiger partial charge is 0.166 e. The maximum atomic E-state index is 14.2. The van der Waals surface area contributed by atoms with Crippen molar-refractivity contribution in [2.45, 2.75) is 33.6 Å². The molecule has 0 aromatic heterocycles. The van der Waals surface area contributed by atoms with Gasteiger partial charge in [0.05, 0.1) is 0 Å². The highest BCUT2D eigenvalue weighted by Crippen LogP contribution is 2.31. The zero-order chi connectivity index (χ0) is 18.0. The Labute approximate surface area is 148 Å². The molecule has 3 rings (SSSR count). The van der Waals surface area contributed by atoms with Gasteiger partial charge in [0.15, 0.2) is 11.6 Å². The summed E-state index contributed by atoms with van der Waals surface area (Å²) >= 11 is 0. The van der Waals surface area contributed by atoms with Gasteiger partial charge in [-0.25, -0.2) is 8.78 Å². The lowest BCUT2D eigenvalue weighted by atomic mass is 9.94. The summed E-state index contributed by atoms with van der Waals surface area (Å²) in [6.45, 7) is 5.74. The molecule has 0 atom stereocenters. The van der Waals surface area contributed by atoms with E-state index < -0.39 is 11.6 Å². The summed E-state index contributed by atoms with van der Waals surface area (Å²) < 4.78 is 28.1. The van der Waals surface area contributed by atoms with Crippen LogP contribution in [0.25, 0.3) is 22.3 Å². The Kier molecular flexibility index (Phi) is 4.98. The fourth-order valence-corrected chi connectivity index (χ4v) is 3.16. The van der Waals surface area contributed by atoms with E-state index in [1.165, 1.54) is 5.56 Å². The van der Waals surface area contributed by atoms with Crippen LogP contribution in [0.5, 0.6) is 0 Å². The van der Waals surface area contributed by atoms with Crippen molar-refractivity contribution in [3.63, 3.8) is 0 Å². The SMILES string of the molecule is CCCc1ccc(-c2ccc(-c3ccc(C)c(F)c3F)cc2C)cc1. The average molecular weight is 336 g/mol. The summed E-state index contributed by atoms with van der Waals surface area (Å²) in [5.41, 5.74) is 5.94. The number of hydrogen-bond acceptors (Lipinski definition) is 0. The van der Waals surface area contributed by atoms with Crippen LogP contribution in [0.2, 0.25) is 0 Å². The first-order valence-electron chi connectivity index (χ1n) is 8.66.